The molecule has 56 valence electrons. The van der Waals surface area contributed by atoms with Crippen molar-refractivity contribution in [3.8, 4) is 6.07 Å². The number of amides is 1. The van der Waals surface area contributed by atoms with E-state index in [2.05, 4.69) is 0 Å². The van der Waals surface area contributed by atoms with Crippen molar-refractivity contribution in [1.82, 2.24) is 4.90 Å². The predicted octanol–water partition coefficient (Wildman–Crippen LogP) is 1.58. The van der Waals surface area contributed by atoms with E-state index in [-0.39, 0.29) is 6.04 Å². The zero-order valence-electron chi connectivity index (χ0n) is 5.97. The summed E-state index contributed by atoms with van der Waals surface area (Å²) >= 11 is 5.14. The van der Waals surface area contributed by atoms with Crippen molar-refractivity contribution in [3.63, 3.8) is 0 Å². The van der Waals surface area contributed by atoms with Crippen LogP contribution in [0.5, 0.6) is 0 Å². The smallest absolute Gasteiger partial charge is 0.316 e. The van der Waals surface area contributed by atoms with Crippen LogP contribution in [-0.2, 0) is 0 Å². The average molecular weight is 161 g/mol. The second-order valence-corrected chi connectivity index (χ2v) is 2.40. The van der Waals surface area contributed by atoms with E-state index in [1.54, 1.807) is 14.0 Å². The Hall–Kier alpha value is -0.750. The number of carbonyl (C=O) groups is 1. The lowest BCUT2D eigenvalue weighted by Gasteiger charge is -2.18. The summed E-state index contributed by atoms with van der Waals surface area (Å²) in [5.74, 6) is 0. The van der Waals surface area contributed by atoms with Gasteiger partial charge < -0.3 is 4.90 Å². The monoisotopic (exact) mass is 160 g/mol. The summed E-state index contributed by atoms with van der Waals surface area (Å²) in [4.78, 5) is 11.8. The van der Waals surface area contributed by atoms with Crippen molar-refractivity contribution in [2.45, 2.75) is 19.4 Å². The van der Waals surface area contributed by atoms with Crippen LogP contribution in [0.15, 0.2) is 0 Å². The Morgan fingerprint density at radius 1 is 1.90 bits per heavy atom. The molecule has 0 N–H and O–H groups in total. The first kappa shape index (κ1) is 9.25. The van der Waals surface area contributed by atoms with Gasteiger partial charge in [0.05, 0.1) is 12.5 Å². The molecule has 0 aromatic heterocycles. The van der Waals surface area contributed by atoms with Crippen LogP contribution in [0.4, 0.5) is 4.79 Å². The number of halogens is 1. The van der Waals surface area contributed by atoms with E-state index in [9.17, 15) is 4.79 Å². The van der Waals surface area contributed by atoms with E-state index in [0.717, 1.165) is 0 Å². The van der Waals surface area contributed by atoms with Gasteiger partial charge in [0.1, 0.15) is 0 Å². The number of rotatable bonds is 2. The second-order valence-electron chi connectivity index (χ2n) is 2.08. The molecule has 0 rings (SSSR count). The van der Waals surface area contributed by atoms with Crippen molar-refractivity contribution in [2.24, 2.45) is 0 Å². The van der Waals surface area contributed by atoms with Gasteiger partial charge in [0, 0.05) is 13.1 Å². The lowest BCUT2D eigenvalue weighted by molar-refractivity contribution is 0.218. The van der Waals surface area contributed by atoms with Crippen LogP contribution >= 0.6 is 11.6 Å². The molecule has 1 unspecified atom stereocenters. The minimum Gasteiger partial charge on any atom is -0.329 e. The van der Waals surface area contributed by atoms with E-state index in [0.29, 0.717) is 6.42 Å². The minimum absolute atomic E-state index is 0.102. The van der Waals surface area contributed by atoms with Gasteiger partial charge >= 0.3 is 5.37 Å². The zero-order valence-corrected chi connectivity index (χ0v) is 6.72. The lowest BCUT2D eigenvalue weighted by Crippen LogP contribution is -2.30. The first-order valence-corrected chi connectivity index (χ1v) is 3.26. The normalized spacial score (nSPS) is 11.8. The first-order valence-electron chi connectivity index (χ1n) is 2.88. The Morgan fingerprint density at radius 3 is 2.70 bits per heavy atom. The molecule has 0 saturated heterocycles. The average Bonchev–Trinajstić information content (AvgIpc) is 1.87. The number of hydrogen-bond acceptors (Lipinski definition) is 2. The summed E-state index contributed by atoms with van der Waals surface area (Å²) in [5.41, 5.74) is 0. The summed E-state index contributed by atoms with van der Waals surface area (Å²) in [6.45, 7) is 1.77. The molecule has 1 atom stereocenters. The molecule has 0 aromatic rings. The zero-order chi connectivity index (χ0) is 8.15. The van der Waals surface area contributed by atoms with Crippen molar-refractivity contribution in [3.05, 3.63) is 0 Å². The van der Waals surface area contributed by atoms with Gasteiger partial charge in [-0.2, -0.15) is 5.26 Å². The highest BCUT2D eigenvalue weighted by molar-refractivity contribution is 6.62. The number of nitriles is 1. The summed E-state index contributed by atoms with van der Waals surface area (Å²) in [5, 5.41) is 7.71. The molecule has 1 amide bonds. The van der Waals surface area contributed by atoms with Crippen molar-refractivity contribution < 1.29 is 4.79 Å². The standard InChI is InChI=1S/C6H9ClN2O/c1-5(3-4-8)9(2)6(7)10/h5H,3H2,1-2H3. The van der Waals surface area contributed by atoms with Crippen LogP contribution in [0, 0.1) is 11.3 Å². The fourth-order valence-electron chi connectivity index (χ4n) is 0.442. The van der Waals surface area contributed by atoms with Gasteiger partial charge in [-0.15, -0.1) is 0 Å². The summed E-state index contributed by atoms with van der Waals surface area (Å²) in [6.07, 6.45) is 0.314. The van der Waals surface area contributed by atoms with Crippen molar-refractivity contribution >= 4 is 17.0 Å². The highest BCUT2D eigenvalue weighted by atomic mass is 35.5. The number of hydrogen-bond donors (Lipinski definition) is 0. The maximum Gasteiger partial charge on any atom is 0.316 e. The molecular weight excluding hydrogens is 152 g/mol. The van der Waals surface area contributed by atoms with Gasteiger partial charge in [-0.1, -0.05) is 0 Å². The van der Waals surface area contributed by atoms with E-state index in [1.165, 1.54) is 4.90 Å². The van der Waals surface area contributed by atoms with Gasteiger partial charge in [0.25, 0.3) is 0 Å². The van der Waals surface area contributed by atoms with Gasteiger partial charge in [-0.3, -0.25) is 4.79 Å². The molecule has 0 aromatic carbocycles. The third kappa shape index (κ3) is 2.70. The molecular formula is C6H9ClN2O. The molecule has 10 heavy (non-hydrogen) atoms. The molecule has 0 aliphatic heterocycles. The molecule has 3 nitrogen and oxygen atoms in total. The summed E-state index contributed by atoms with van der Waals surface area (Å²) in [6, 6.07) is 1.85. The van der Waals surface area contributed by atoms with Gasteiger partial charge in [-0.05, 0) is 18.5 Å². The first-order chi connectivity index (χ1) is 4.59. The van der Waals surface area contributed by atoms with Gasteiger partial charge in [0.2, 0.25) is 0 Å². The highest BCUT2D eigenvalue weighted by Crippen LogP contribution is 2.02. The Balaban J connectivity index is 3.84. The van der Waals surface area contributed by atoms with Gasteiger partial charge in [-0.25, -0.2) is 0 Å². The lowest BCUT2D eigenvalue weighted by atomic mass is 10.2. The SMILES string of the molecule is CC(CC#N)N(C)C(=O)Cl. The molecule has 0 fully saturated rings. The van der Waals surface area contributed by atoms with Crippen LogP contribution in [0.3, 0.4) is 0 Å². The van der Waals surface area contributed by atoms with E-state index in [4.69, 9.17) is 16.9 Å². The van der Waals surface area contributed by atoms with Crippen molar-refractivity contribution in [2.75, 3.05) is 7.05 Å². The molecule has 0 aliphatic rings. The molecule has 4 heteroatoms. The summed E-state index contributed by atoms with van der Waals surface area (Å²) in [7, 11) is 1.57. The van der Waals surface area contributed by atoms with Crippen LogP contribution in [-0.4, -0.2) is 23.4 Å². The minimum atomic E-state index is -0.525. The number of nitrogens with zero attached hydrogens (tertiary/aromatic N) is 2. The quantitative estimate of drug-likeness (QED) is 0.455. The van der Waals surface area contributed by atoms with Crippen LogP contribution in [0.2, 0.25) is 0 Å². The Bertz CT molecular complexity index is 164. The molecule has 0 bridgehead atoms. The Morgan fingerprint density at radius 2 is 2.40 bits per heavy atom. The van der Waals surface area contributed by atoms with Crippen LogP contribution < -0.4 is 0 Å². The van der Waals surface area contributed by atoms with Gasteiger partial charge in [0.15, 0.2) is 0 Å². The third-order valence-corrected chi connectivity index (χ3v) is 1.59. The topological polar surface area (TPSA) is 44.1 Å². The summed E-state index contributed by atoms with van der Waals surface area (Å²) < 4.78 is 0. The molecule has 0 saturated carbocycles. The second kappa shape index (κ2) is 4.13. The van der Waals surface area contributed by atoms with E-state index < -0.39 is 5.37 Å². The fraction of sp³-hybridized carbons (Fsp3) is 0.667. The van der Waals surface area contributed by atoms with Crippen LogP contribution in [0.25, 0.3) is 0 Å². The molecule has 0 radical (unpaired) electrons. The molecule has 0 spiro atoms. The Labute approximate surface area is 65.2 Å². The largest absolute Gasteiger partial charge is 0.329 e. The Kier molecular flexibility index (Phi) is 3.82. The predicted molar refractivity (Wildman–Crippen MR) is 38.7 cm³/mol. The highest BCUT2D eigenvalue weighted by Gasteiger charge is 2.11. The maximum absolute atomic E-state index is 10.4. The fourth-order valence-corrected chi connectivity index (χ4v) is 0.609. The molecule has 0 heterocycles. The van der Waals surface area contributed by atoms with Crippen LogP contribution in [0.1, 0.15) is 13.3 Å². The van der Waals surface area contributed by atoms with Crippen molar-refractivity contribution in [1.29, 1.82) is 5.26 Å². The van der Waals surface area contributed by atoms with E-state index >= 15 is 0 Å². The van der Waals surface area contributed by atoms with E-state index in [1.807, 2.05) is 6.07 Å². The maximum atomic E-state index is 10.4. The third-order valence-electron chi connectivity index (χ3n) is 1.33. The molecule has 0 aliphatic carbocycles. The number of carbonyl (C=O) groups excluding carboxylic acids is 1.